The zero-order valence-electron chi connectivity index (χ0n) is 10.7. The molecule has 0 atom stereocenters. The van der Waals surface area contributed by atoms with Gasteiger partial charge >= 0.3 is 0 Å². The standard InChI is InChI=1S/C15H13ClN4/c16-13-5-3-12(4-6-13)15-9-18-19-20(15)10-11-1-7-14(17)8-2-11/h1-9H,10,17H2. The lowest BCUT2D eigenvalue weighted by Gasteiger charge is -2.07. The van der Waals surface area contributed by atoms with Gasteiger partial charge in [-0.25, -0.2) is 4.68 Å². The van der Waals surface area contributed by atoms with E-state index in [2.05, 4.69) is 10.3 Å². The fourth-order valence-electron chi connectivity index (χ4n) is 2.01. The van der Waals surface area contributed by atoms with Crippen LogP contribution >= 0.6 is 11.6 Å². The maximum Gasteiger partial charge on any atom is 0.0889 e. The van der Waals surface area contributed by atoms with Gasteiger partial charge < -0.3 is 5.73 Å². The predicted molar refractivity (Wildman–Crippen MR) is 80.4 cm³/mol. The minimum atomic E-state index is 0.651. The van der Waals surface area contributed by atoms with Crippen molar-refractivity contribution in [3.8, 4) is 11.3 Å². The van der Waals surface area contributed by atoms with Crippen LogP contribution in [0.2, 0.25) is 5.02 Å². The van der Waals surface area contributed by atoms with Gasteiger partial charge in [0.2, 0.25) is 0 Å². The number of nitrogens with two attached hydrogens (primary N) is 1. The summed E-state index contributed by atoms with van der Waals surface area (Å²) in [4.78, 5) is 0. The monoisotopic (exact) mass is 284 g/mol. The summed E-state index contributed by atoms with van der Waals surface area (Å²) in [6.45, 7) is 0.651. The first kappa shape index (κ1) is 12.7. The Kier molecular flexibility index (Phi) is 3.39. The topological polar surface area (TPSA) is 56.7 Å². The average Bonchev–Trinajstić information content (AvgIpc) is 2.90. The van der Waals surface area contributed by atoms with E-state index >= 15 is 0 Å². The number of hydrogen-bond acceptors (Lipinski definition) is 3. The second kappa shape index (κ2) is 5.35. The van der Waals surface area contributed by atoms with E-state index in [4.69, 9.17) is 17.3 Å². The first-order valence-electron chi connectivity index (χ1n) is 6.21. The van der Waals surface area contributed by atoms with Crippen LogP contribution in [0.3, 0.4) is 0 Å². The first-order chi connectivity index (χ1) is 9.72. The molecule has 0 aliphatic rings. The summed E-state index contributed by atoms with van der Waals surface area (Å²) in [5.74, 6) is 0. The molecule has 5 heteroatoms. The molecular formula is C15H13ClN4. The Morgan fingerprint density at radius 1 is 1.00 bits per heavy atom. The third kappa shape index (κ3) is 2.65. The Bertz CT molecular complexity index is 701. The molecule has 0 saturated heterocycles. The van der Waals surface area contributed by atoms with Crippen LogP contribution in [0.1, 0.15) is 5.56 Å². The molecule has 1 aromatic heterocycles. The molecule has 1 heterocycles. The molecule has 0 bridgehead atoms. The van der Waals surface area contributed by atoms with Gasteiger partial charge in [0.25, 0.3) is 0 Å². The molecule has 2 aromatic carbocycles. The van der Waals surface area contributed by atoms with Crippen molar-refractivity contribution in [2.24, 2.45) is 0 Å². The van der Waals surface area contributed by atoms with E-state index in [1.54, 1.807) is 6.20 Å². The number of nitrogen functional groups attached to an aromatic ring is 1. The number of aromatic nitrogens is 3. The van der Waals surface area contributed by atoms with Crippen molar-refractivity contribution in [2.45, 2.75) is 6.54 Å². The molecule has 100 valence electrons. The summed E-state index contributed by atoms with van der Waals surface area (Å²) < 4.78 is 1.86. The molecule has 4 nitrogen and oxygen atoms in total. The van der Waals surface area contributed by atoms with Crippen LogP contribution in [0, 0.1) is 0 Å². The Morgan fingerprint density at radius 2 is 1.70 bits per heavy atom. The van der Waals surface area contributed by atoms with Crippen molar-refractivity contribution >= 4 is 17.3 Å². The molecule has 0 saturated carbocycles. The second-order valence-electron chi connectivity index (χ2n) is 4.53. The van der Waals surface area contributed by atoms with Crippen LogP contribution in [-0.2, 0) is 6.54 Å². The summed E-state index contributed by atoms with van der Waals surface area (Å²) in [6.07, 6.45) is 1.75. The van der Waals surface area contributed by atoms with E-state index in [9.17, 15) is 0 Å². The van der Waals surface area contributed by atoms with Crippen molar-refractivity contribution in [1.29, 1.82) is 0 Å². The van der Waals surface area contributed by atoms with Gasteiger partial charge in [-0.2, -0.15) is 0 Å². The molecule has 3 rings (SSSR count). The number of rotatable bonds is 3. The van der Waals surface area contributed by atoms with Gasteiger partial charge in [-0.3, -0.25) is 0 Å². The highest BCUT2D eigenvalue weighted by atomic mass is 35.5. The minimum absolute atomic E-state index is 0.651. The molecule has 0 amide bonds. The molecule has 20 heavy (non-hydrogen) atoms. The van der Waals surface area contributed by atoms with Gasteiger partial charge in [-0.15, -0.1) is 5.10 Å². The van der Waals surface area contributed by atoms with Gasteiger partial charge in [0, 0.05) is 16.3 Å². The molecule has 0 fully saturated rings. The Balaban J connectivity index is 1.90. The number of benzene rings is 2. The molecule has 0 unspecified atom stereocenters. The van der Waals surface area contributed by atoms with E-state index < -0.39 is 0 Å². The Hall–Kier alpha value is -2.33. The third-order valence-electron chi connectivity index (χ3n) is 3.07. The van der Waals surface area contributed by atoms with Gasteiger partial charge in [0.05, 0.1) is 18.4 Å². The highest BCUT2D eigenvalue weighted by Crippen LogP contribution is 2.21. The number of nitrogens with zero attached hydrogens (tertiary/aromatic N) is 3. The van der Waals surface area contributed by atoms with Crippen molar-refractivity contribution in [3.63, 3.8) is 0 Å². The maximum atomic E-state index is 5.91. The van der Waals surface area contributed by atoms with Crippen molar-refractivity contribution in [2.75, 3.05) is 5.73 Å². The van der Waals surface area contributed by atoms with Crippen LogP contribution in [0.25, 0.3) is 11.3 Å². The summed E-state index contributed by atoms with van der Waals surface area (Å²) in [6, 6.07) is 15.4. The highest BCUT2D eigenvalue weighted by Gasteiger charge is 2.07. The second-order valence-corrected chi connectivity index (χ2v) is 4.96. The first-order valence-corrected chi connectivity index (χ1v) is 6.59. The van der Waals surface area contributed by atoms with E-state index in [0.717, 1.165) is 22.5 Å². The average molecular weight is 285 g/mol. The van der Waals surface area contributed by atoms with E-state index in [0.29, 0.717) is 11.6 Å². The summed E-state index contributed by atoms with van der Waals surface area (Å²) in [5.41, 5.74) is 9.56. The van der Waals surface area contributed by atoms with Gasteiger partial charge in [-0.1, -0.05) is 41.1 Å². The molecule has 3 aromatic rings. The quantitative estimate of drug-likeness (QED) is 0.751. The predicted octanol–water partition coefficient (Wildman–Crippen LogP) is 3.23. The van der Waals surface area contributed by atoms with Crippen LogP contribution < -0.4 is 5.73 Å². The lowest BCUT2D eigenvalue weighted by Crippen LogP contribution is -2.04. The summed E-state index contributed by atoms with van der Waals surface area (Å²) >= 11 is 5.91. The molecule has 0 aliphatic heterocycles. The smallest absolute Gasteiger partial charge is 0.0889 e. The number of halogens is 1. The van der Waals surface area contributed by atoms with Crippen LogP contribution in [0.5, 0.6) is 0 Å². The van der Waals surface area contributed by atoms with Gasteiger partial charge in [0.15, 0.2) is 0 Å². The third-order valence-corrected chi connectivity index (χ3v) is 3.32. The maximum absolute atomic E-state index is 5.91. The fourth-order valence-corrected chi connectivity index (χ4v) is 2.14. The summed E-state index contributed by atoms with van der Waals surface area (Å²) in [7, 11) is 0. The number of hydrogen-bond donors (Lipinski definition) is 1. The molecule has 0 radical (unpaired) electrons. The SMILES string of the molecule is Nc1ccc(Cn2nncc2-c2ccc(Cl)cc2)cc1. The van der Waals surface area contributed by atoms with Crippen LogP contribution in [0.15, 0.2) is 54.7 Å². The van der Waals surface area contributed by atoms with E-state index in [-0.39, 0.29) is 0 Å². The van der Waals surface area contributed by atoms with E-state index in [1.807, 2.05) is 53.2 Å². The van der Waals surface area contributed by atoms with Gasteiger partial charge in [-0.05, 0) is 29.8 Å². The normalized spacial score (nSPS) is 10.7. The number of anilines is 1. The molecular weight excluding hydrogens is 272 g/mol. The zero-order valence-corrected chi connectivity index (χ0v) is 11.5. The van der Waals surface area contributed by atoms with Crippen molar-refractivity contribution in [1.82, 2.24) is 15.0 Å². The van der Waals surface area contributed by atoms with Crippen molar-refractivity contribution in [3.05, 3.63) is 65.3 Å². The lowest BCUT2D eigenvalue weighted by molar-refractivity contribution is 0.655. The van der Waals surface area contributed by atoms with Gasteiger partial charge in [0.1, 0.15) is 0 Å². The fraction of sp³-hybridized carbons (Fsp3) is 0.0667. The molecule has 0 aliphatic carbocycles. The van der Waals surface area contributed by atoms with Crippen LogP contribution in [-0.4, -0.2) is 15.0 Å². The molecule has 0 spiro atoms. The summed E-state index contributed by atoms with van der Waals surface area (Å²) in [5, 5.41) is 8.84. The lowest BCUT2D eigenvalue weighted by atomic mass is 10.1. The highest BCUT2D eigenvalue weighted by molar-refractivity contribution is 6.30. The molecule has 2 N–H and O–H groups in total. The minimum Gasteiger partial charge on any atom is -0.399 e. The van der Waals surface area contributed by atoms with Crippen LogP contribution in [0.4, 0.5) is 5.69 Å². The zero-order chi connectivity index (χ0) is 13.9. The Morgan fingerprint density at radius 3 is 2.40 bits per heavy atom. The van der Waals surface area contributed by atoms with E-state index in [1.165, 1.54) is 0 Å². The Labute approximate surface area is 121 Å². The largest absolute Gasteiger partial charge is 0.399 e. The van der Waals surface area contributed by atoms with Crippen molar-refractivity contribution < 1.29 is 0 Å².